The van der Waals surface area contributed by atoms with Gasteiger partial charge in [-0.1, -0.05) is 172 Å². The molecule has 4 aromatic heterocycles. The van der Waals surface area contributed by atoms with E-state index in [1.54, 1.807) is 13.0 Å². The number of para-hydroxylation sites is 4. The van der Waals surface area contributed by atoms with E-state index in [0.717, 1.165) is 47.3 Å². The minimum atomic E-state index is -0.0359. The van der Waals surface area contributed by atoms with Gasteiger partial charge in [0.2, 0.25) is 5.56 Å². The Kier molecular flexibility index (Phi) is 26.9. The predicted octanol–water partition coefficient (Wildman–Crippen LogP) is 15.6. The molecule has 0 spiro atoms. The maximum atomic E-state index is 11.0. The van der Waals surface area contributed by atoms with E-state index in [2.05, 4.69) is 172 Å². The number of aliphatic hydroxyl groups is 1. The van der Waals surface area contributed by atoms with Crippen LogP contribution in [0.3, 0.4) is 0 Å². The van der Waals surface area contributed by atoms with Crippen molar-refractivity contribution in [1.29, 1.82) is 0 Å². The van der Waals surface area contributed by atoms with Crippen LogP contribution < -0.4 is 35.1 Å². The number of aryl methyl sites for hydroxylation is 8. The largest absolute Gasteiger partial charge is 1.00 e. The molecule has 2 atom stereocenters. The number of fused-ring (bicyclic) bond motifs is 4. The predicted molar refractivity (Wildman–Crippen MR) is 328 cm³/mol. The summed E-state index contributed by atoms with van der Waals surface area (Å²) in [6, 6.07) is 53.5. The Hall–Kier alpha value is -4.72. The summed E-state index contributed by atoms with van der Waals surface area (Å²) in [5.41, 5.74) is 17.1. The second kappa shape index (κ2) is 31.4. The first kappa shape index (κ1) is 63.6. The Morgan fingerprint density at radius 2 is 0.919 bits per heavy atom. The molecule has 382 valence electrons. The molecule has 0 aliphatic rings. The molecule has 10 rings (SSSR count). The van der Waals surface area contributed by atoms with Crippen LogP contribution in [-0.4, -0.2) is 31.6 Å². The number of nitrogens with zero attached hydrogens (tertiary/aromatic N) is 1. The van der Waals surface area contributed by atoms with Crippen LogP contribution in [0.15, 0.2) is 168 Å². The van der Waals surface area contributed by atoms with Crippen LogP contribution in [0.5, 0.6) is 0 Å². The van der Waals surface area contributed by atoms with Crippen molar-refractivity contribution in [2.75, 3.05) is 6.61 Å². The van der Waals surface area contributed by atoms with Gasteiger partial charge in [-0.05, 0) is 163 Å². The van der Waals surface area contributed by atoms with Crippen LogP contribution in [0.2, 0.25) is 0 Å². The van der Waals surface area contributed by atoms with Gasteiger partial charge in [-0.3, -0.25) is 4.79 Å². The molecule has 74 heavy (non-hydrogen) atoms. The number of H-pyrrole nitrogens is 3. The summed E-state index contributed by atoms with van der Waals surface area (Å²) in [4.78, 5) is 25.4. The number of alkyl halides is 1. The Morgan fingerprint density at radius 1 is 0.541 bits per heavy atom. The summed E-state index contributed by atoms with van der Waals surface area (Å²) in [5, 5.41) is 13.9. The van der Waals surface area contributed by atoms with Crippen molar-refractivity contribution < 1.29 is 36.1 Å². The zero-order valence-electron chi connectivity index (χ0n) is 45.7. The standard InChI is InChI=1S/C20H21NS.C10H13Br.C10H9NO.2C10H9NS.C2H6O.ClH.Na.H/c1-13-9-10-14(2)18(11-13)16(4)22-20-12-15(3)17-7-5-6-8-19(17)21-20;1-7-4-5-8(2)10(6-7)9(3)11;3*1-7-6-10(12)11-9-5-3-2-4-8(7)9;1-2-3;;;/h5-12,16H,1-4H3;4-6,9H,1-3H3;3*2-6H,1H3,(H,11,12);3H,2H2,1H3;1H;;/q;;;;;;;+1;-1. The fraction of sp³-hybridized carbons (Fsp3) is 0.226. The molecule has 4 heterocycles. The molecule has 0 aliphatic carbocycles. The minimum Gasteiger partial charge on any atom is -1.00 e. The third-order valence-corrected chi connectivity index (χ3v) is 13.8. The molecular formula is C62H69BrClN4NaO2S3. The van der Waals surface area contributed by atoms with Gasteiger partial charge in [0.25, 0.3) is 0 Å². The van der Waals surface area contributed by atoms with Crippen LogP contribution in [0.25, 0.3) is 43.6 Å². The van der Waals surface area contributed by atoms with Crippen molar-refractivity contribution in [3.05, 3.63) is 233 Å². The first-order valence-corrected chi connectivity index (χ1v) is 26.7. The van der Waals surface area contributed by atoms with Crippen LogP contribution in [0.1, 0.15) is 87.9 Å². The fourth-order valence-corrected chi connectivity index (χ4v) is 10.4. The van der Waals surface area contributed by atoms with E-state index in [0.29, 0.717) is 10.1 Å². The molecule has 12 heteroatoms. The van der Waals surface area contributed by atoms with E-state index in [1.807, 2.05) is 91.5 Å². The van der Waals surface area contributed by atoms with Gasteiger partial charge < -0.3 is 21.5 Å². The first-order chi connectivity index (χ1) is 34.4. The number of aliphatic hydroxyl groups excluding tert-OH is 1. The van der Waals surface area contributed by atoms with E-state index in [1.165, 1.54) is 66.2 Å². The van der Waals surface area contributed by atoms with E-state index >= 15 is 0 Å². The topological polar surface area (TPSA) is 97.6 Å². The Bertz CT molecular complexity index is 3390. The third-order valence-electron chi connectivity index (χ3n) is 11.8. The van der Waals surface area contributed by atoms with Gasteiger partial charge in [-0.2, -0.15) is 0 Å². The van der Waals surface area contributed by atoms with E-state index < -0.39 is 0 Å². The number of aromatic nitrogens is 4. The van der Waals surface area contributed by atoms with Gasteiger partial charge >= 0.3 is 29.6 Å². The molecular weight excluding hydrogens is 1070 g/mol. The third kappa shape index (κ3) is 18.8. The number of pyridine rings is 4. The molecule has 0 radical (unpaired) electrons. The molecule has 10 aromatic rings. The van der Waals surface area contributed by atoms with Gasteiger partial charge in [0.05, 0.1) is 10.5 Å². The van der Waals surface area contributed by atoms with Crippen molar-refractivity contribution in [3.8, 4) is 0 Å². The monoisotopic (exact) mass is 1130 g/mol. The molecule has 0 saturated heterocycles. The van der Waals surface area contributed by atoms with E-state index in [4.69, 9.17) is 34.5 Å². The Balaban J connectivity index is 0.000000322. The summed E-state index contributed by atoms with van der Waals surface area (Å²) in [6.07, 6.45) is 0. The molecule has 0 aliphatic heterocycles. The molecule has 6 aromatic carbocycles. The second-order valence-corrected chi connectivity index (χ2v) is 21.4. The van der Waals surface area contributed by atoms with E-state index in [-0.39, 0.29) is 55.6 Å². The van der Waals surface area contributed by atoms with Crippen LogP contribution in [0, 0.1) is 64.7 Å². The molecule has 0 bridgehead atoms. The van der Waals surface area contributed by atoms with Crippen molar-refractivity contribution in [1.82, 2.24) is 19.9 Å². The van der Waals surface area contributed by atoms with Gasteiger partial charge in [0.1, 0.15) is 9.28 Å². The summed E-state index contributed by atoms with van der Waals surface area (Å²) in [5.74, 6) is 0. The Labute approximate surface area is 490 Å². The van der Waals surface area contributed by atoms with Crippen LogP contribution in [-0.2, 0) is 0 Å². The summed E-state index contributed by atoms with van der Waals surface area (Å²) >= 11 is 15.5. The molecule has 0 amide bonds. The molecule has 0 fully saturated rings. The number of aromatic amines is 3. The van der Waals surface area contributed by atoms with Crippen LogP contribution >= 0.6 is 64.5 Å². The van der Waals surface area contributed by atoms with Crippen molar-refractivity contribution >= 4 is 108 Å². The minimum absolute atomic E-state index is 0. The number of halogens is 2. The summed E-state index contributed by atoms with van der Waals surface area (Å²) in [6.45, 7) is 23.2. The van der Waals surface area contributed by atoms with Crippen LogP contribution in [0.4, 0.5) is 0 Å². The fourth-order valence-electron chi connectivity index (χ4n) is 8.15. The van der Waals surface area contributed by atoms with Crippen molar-refractivity contribution in [2.45, 2.75) is 91.3 Å². The number of benzene rings is 6. The van der Waals surface area contributed by atoms with Gasteiger partial charge in [-0.15, -0.1) is 12.4 Å². The second-order valence-electron chi connectivity index (χ2n) is 17.8. The van der Waals surface area contributed by atoms with Gasteiger partial charge in [0.15, 0.2) is 0 Å². The summed E-state index contributed by atoms with van der Waals surface area (Å²) in [7, 11) is 0. The van der Waals surface area contributed by atoms with Gasteiger partial charge in [0, 0.05) is 60.8 Å². The number of rotatable bonds is 4. The average molecular weight is 1140 g/mol. The van der Waals surface area contributed by atoms with Crippen molar-refractivity contribution in [3.63, 3.8) is 0 Å². The maximum Gasteiger partial charge on any atom is 1.00 e. The Morgan fingerprint density at radius 3 is 1.38 bits per heavy atom. The number of hydrogen-bond acceptors (Lipinski definition) is 6. The molecule has 2 unspecified atom stereocenters. The zero-order valence-corrected chi connectivity index (χ0v) is 51.5. The van der Waals surface area contributed by atoms with Gasteiger partial charge in [-0.25, -0.2) is 4.98 Å². The smallest absolute Gasteiger partial charge is 1.00 e. The maximum absolute atomic E-state index is 11.0. The van der Waals surface area contributed by atoms with E-state index in [9.17, 15) is 4.79 Å². The summed E-state index contributed by atoms with van der Waals surface area (Å²) < 4.78 is 1.59. The number of hydrogen-bond donors (Lipinski definition) is 4. The quantitative estimate of drug-likeness (QED) is 0.0607. The SMILES string of the molecule is CCO.Cc1cc(=O)[nH]c2ccccc12.Cc1cc(=S)[nH]c2ccccc12.Cc1cc(=S)[nH]c2ccccc12.Cc1ccc(C)c(C(C)Br)c1.Cc1ccc(C)c(C(C)Sc2cc(C)c3ccccc3n2)c1.Cl.[H-].[Na+]. The number of nitrogens with one attached hydrogen (secondary N) is 3. The zero-order chi connectivity index (χ0) is 52.5. The molecule has 4 N–H and O–H groups in total. The molecule has 0 saturated carbocycles. The first-order valence-electron chi connectivity index (χ1n) is 24.1. The van der Waals surface area contributed by atoms with Crippen molar-refractivity contribution in [2.24, 2.45) is 0 Å². The normalized spacial score (nSPS) is 11.0. The molecule has 6 nitrogen and oxygen atoms in total. The number of thioether (sulfide) groups is 1. The average Bonchev–Trinajstić information content (AvgIpc) is 3.34.